The number of nitro benzene ring substituents is 1. The van der Waals surface area contributed by atoms with Gasteiger partial charge in [-0.1, -0.05) is 41.4 Å². The summed E-state index contributed by atoms with van der Waals surface area (Å²) in [6, 6.07) is 15.1. The lowest BCUT2D eigenvalue weighted by Gasteiger charge is -2.35. The van der Waals surface area contributed by atoms with E-state index < -0.39 is 28.7 Å². The number of nitro groups is 1. The molecule has 0 saturated carbocycles. The van der Waals surface area contributed by atoms with E-state index in [1.165, 1.54) is 35.2 Å². The fraction of sp³-hybridized carbons (Fsp3) is 0.120. The number of urea groups is 1. The zero-order valence-electron chi connectivity index (χ0n) is 18.7. The number of hydrogen-bond donors (Lipinski definition) is 2. The second-order valence-electron chi connectivity index (χ2n) is 7.99. The highest BCUT2D eigenvalue weighted by atomic mass is 35.5. The van der Waals surface area contributed by atoms with Crippen molar-refractivity contribution in [2.24, 2.45) is 0 Å². The van der Waals surface area contributed by atoms with E-state index in [4.69, 9.17) is 11.6 Å². The Balaban J connectivity index is 1.83. The molecule has 0 spiro atoms. The second kappa shape index (κ2) is 9.55. The molecule has 0 radical (unpaired) electrons. The van der Waals surface area contributed by atoms with Crippen molar-refractivity contribution >= 4 is 40.6 Å². The van der Waals surface area contributed by atoms with Crippen molar-refractivity contribution in [2.45, 2.75) is 19.9 Å². The van der Waals surface area contributed by atoms with Gasteiger partial charge in [-0.25, -0.2) is 9.18 Å². The molecule has 0 saturated heterocycles. The number of amides is 3. The van der Waals surface area contributed by atoms with Crippen molar-refractivity contribution in [1.82, 2.24) is 5.32 Å². The maximum absolute atomic E-state index is 13.7. The van der Waals surface area contributed by atoms with Crippen LogP contribution in [0.15, 0.2) is 78.0 Å². The van der Waals surface area contributed by atoms with Gasteiger partial charge >= 0.3 is 6.03 Å². The number of nitrogens with zero attached hydrogens (tertiary/aromatic N) is 2. The molecule has 3 aromatic rings. The van der Waals surface area contributed by atoms with E-state index in [2.05, 4.69) is 10.6 Å². The minimum atomic E-state index is -0.972. The number of benzene rings is 3. The van der Waals surface area contributed by atoms with Crippen LogP contribution >= 0.6 is 11.6 Å². The first-order chi connectivity index (χ1) is 16.7. The number of allylic oxidation sites excluding steroid dienone is 1. The van der Waals surface area contributed by atoms with Gasteiger partial charge in [0.05, 0.1) is 27.2 Å². The Bertz CT molecular complexity index is 1370. The molecule has 35 heavy (non-hydrogen) atoms. The number of halogens is 2. The van der Waals surface area contributed by atoms with E-state index in [0.717, 1.165) is 11.6 Å². The number of hydrogen-bond acceptors (Lipinski definition) is 4. The first-order valence-corrected chi connectivity index (χ1v) is 10.9. The van der Waals surface area contributed by atoms with Gasteiger partial charge in [-0.05, 0) is 49.7 Å². The highest BCUT2D eigenvalue weighted by molar-refractivity contribution is 6.31. The highest BCUT2D eigenvalue weighted by Gasteiger charge is 2.37. The predicted octanol–water partition coefficient (Wildman–Crippen LogP) is 5.88. The minimum absolute atomic E-state index is 0.158. The summed E-state index contributed by atoms with van der Waals surface area (Å²) in [5.74, 6) is -1.16. The molecule has 0 fully saturated rings. The third-order valence-electron chi connectivity index (χ3n) is 5.61. The van der Waals surface area contributed by atoms with Crippen molar-refractivity contribution in [3.8, 4) is 0 Å². The van der Waals surface area contributed by atoms with Crippen LogP contribution in [0, 0.1) is 22.9 Å². The normalized spacial score (nSPS) is 15.6. The lowest BCUT2D eigenvalue weighted by molar-refractivity contribution is -0.384. The van der Waals surface area contributed by atoms with Crippen LogP contribution in [-0.4, -0.2) is 16.9 Å². The molecular formula is C25H20ClFN4O4. The minimum Gasteiger partial charge on any atom is -0.326 e. The molecule has 1 unspecified atom stereocenters. The first kappa shape index (κ1) is 23.9. The van der Waals surface area contributed by atoms with Crippen LogP contribution in [0.5, 0.6) is 0 Å². The Morgan fingerprint density at radius 2 is 1.83 bits per heavy atom. The Morgan fingerprint density at radius 1 is 1.11 bits per heavy atom. The summed E-state index contributed by atoms with van der Waals surface area (Å²) in [6.45, 7) is 3.49. The number of carbonyl (C=O) groups excluding carboxylic acids is 2. The van der Waals surface area contributed by atoms with Crippen LogP contribution in [0.4, 0.5) is 26.2 Å². The van der Waals surface area contributed by atoms with Crippen LogP contribution in [0.25, 0.3) is 0 Å². The maximum atomic E-state index is 13.7. The fourth-order valence-corrected chi connectivity index (χ4v) is 4.05. The molecule has 8 nitrogen and oxygen atoms in total. The lowest BCUT2D eigenvalue weighted by atomic mass is 9.93. The average molecular weight is 495 g/mol. The molecule has 10 heteroatoms. The van der Waals surface area contributed by atoms with Gasteiger partial charge in [-0.2, -0.15) is 0 Å². The van der Waals surface area contributed by atoms with Crippen LogP contribution in [0.2, 0.25) is 5.02 Å². The van der Waals surface area contributed by atoms with Gasteiger partial charge in [0.25, 0.3) is 11.6 Å². The number of non-ortho nitro benzene ring substituents is 1. The molecule has 1 aliphatic heterocycles. The highest BCUT2D eigenvalue weighted by Crippen LogP contribution is 2.36. The standard InChI is InChI=1S/C25H20ClFN4O4/c1-14-6-8-17(9-7-14)28-24(32)22-15(2)30(18-10-11-21(27)20(26)13-18)25(33)29-23(22)16-4-3-5-19(12-16)31(34)35/h3-13,23H,1-2H3,(H,28,32)(H,29,33). The SMILES string of the molecule is CC1=C(C(=O)Nc2ccc(C)cc2)C(c2cccc([N+](=O)[O-])c2)NC(=O)N1c1ccc(F)c(Cl)c1. The maximum Gasteiger partial charge on any atom is 0.326 e. The van der Waals surface area contributed by atoms with Crippen molar-refractivity contribution in [3.63, 3.8) is 0 Å². The molecule has 178 valence electrons. The zero-order chi connectivity index (χ0) is 25.3. The zero-order valence-corrected chi connectivity index (χ0v) is 19.5. The molecule has 4 rings (SSSR count). The van der Waals surface area contributed by atoms with Gasteiger partial charge in [0.1, 0.15) is 5.82 Å². The second-order valence-corrected chi connectivity index (χ2v) is 8.39. The lowest BCUT2D eigenvalue weighted by Crippen LogP contribution is -2.48. The number of anilines is 2. The Kier molecular flexibility index (Phi) is 6.52. The number of carbonyl (C=O) groups is 2. The van der Waals surface area contributed by atoms with Crippen molar-refractivity contribution in [2.75, 3.05) is 10.2 Å². The van der Waals surface area contributed by atoms with Crippen molar-refractivity contribution < 1.29 is 18.9 Å². The van der Waals surface area contributed by atoms with E-state index in [9.17, 15) is 24.1 Å². The Morgan fingerprint density at radius 3 is 2.49 bits per heavy atom. The van der Waals surface area contributed by atoms with Crippen LogP contribution in [0.3, 0.4) is 0 Å². The largest absolute Gasteiger partial charge is 0.326 e. The average Bonchev–Trinajstić information content (AvgIpc) is 2.82. The summed E-state index contributed by atoms with van der Waals surface area (Å²) in [6.07, 6.45) is 0. The summed E-state index contributed by atoms with van der Waals surface area (Å²) in [5, 5.41) is 16.7. The van der Waals surface area contributed by atoms with E-state index in [-0.39, 0.29) is 27.7 Å². The van der Waals surface area contributed by atoms with Crippen LogP contribution < -0.4 is 15.5 Å². The fourth-order valence-electron chi connectivity index (χ4n) is 3.88. The van der Waals surface area contributed by atoms with Crippen molar-refractivity contribution in [1.29, 1.82) is 0 Å². The Labute approximate surface area is 205 Å². The molecule has 0 aromatic heterocycles. The molecule has 1 heterocycles. The summed E-state index contributed by atoms with van der Waals surface area (Å²) >= 11 is 5.93. The smallest absolute Gasteiger partial charge is 0.326 e. The summed E-state index contributed by atoms with van der Waals surface area (Å²) in [5.41, 5.74) is 2.40. The molecule has 3 aromatic carbocycles. The summed E-state index contributed by atoms with van der Waals surface area (Å²) in [4.78, 5) is 38.6. The predicted molar refractivity (Wildman–Crippen MR) is 131 cm³/mol. The van der Waals surface area contributed by atoms with Gasteiger partial charge in [0, 0.05) is 23.5 Å². The third-order valence-corrected chi connectivity index (χ3v) is 5.90. The monoisotopic (exact) mass is 494 g/mol. The number of aryl methyl sites for hydroxylation is 1. The summed E-state index contributed by atoms with van der Waals surface area (Å²) < 4.78 is 13.7. The molecule has 2 N–H and O–H groups in total. The quantitative estimate of drug-likeness (QED) is 0.341. The topological polar surface area (TPSA) is 105 Å². The number of rotatable bonds is 5. The van der Waals surface area contributed by atoms with Crippen LogP contribution in [-0.2, 0) is 4.79 Å². The number of nitrogens with one attached hydrogen (secondary N) is 2. The molecular weight excluding hydrogens is 475 g/mol. The van der Waals surface area contributed by atoms with E-state index in [1.54, 1.807) is 25.1 Å². The molecule has 0 aliphatic carbocycles. The van der Waals surface area contributed by atoms with Gasteiger partial charge in [0.15, 0.2) is 0 Å². The first-order valence-electron chi connectivity index (χ1n) is 10.5. The van der Waals surface area contributed by atoms with Gasteiger partial charge in [-0.3, -0.25) is 19.8 Å². The van der Waals surface area contributed by atoms with Gasteiger partial charge < -0.3 is 10.6 Å². The molecule has 1 aliphatic rings. The van der Waals surface area contributed by atoms with E-state index in [1.807, 2.05) is 19.1 Å². The van der Waals surface area contributed by atoms with Crippen molar-refractivity contribution in [3.05, 3.63) is 110 Å². The van der Waals surface area contributed by atoms with E-state index in [0.29, 0.717) is 11.3 Å². The van der Waals surface area contributed by atoms with Gasteiger partial charge in [-0.15, -0.1) is 0 Å². The summed E-state index contributed by atoms with van der Waals surface area (Å²) in [7, 11) is 0. The molecule has 0 bridgehead atoms. The Hall–Kier alpha value is -4.24. The molecule has 1 atom stereocenters. The van der Waals surface area contributed by atoms with Crippen LogP contribution in [0.1, 0.15) is 24.1 Å². The molecule has 3 amide bonds. The van der Waals surface area contributed by atoms with Gasteiger partial charge in [0.2, 0.25) is 0 Å². The van der Waals surface area contributed by atoms with E-state index >= 15 is 0 Å². The third kappa shape index (κ3) is 4.85.